The summed E-state index contributed by atoms with van der Waals surface area (Å²) in [6, 6.07) is 3.66. The highest BCUT2D eigenvalue weighted by atomic mass is 31.1. The Morgan fingerprint density at radius 1 is 0.963 bits per heavy atom. The Labute approximate surface area is 164 Å². The molecule has 0 bridgehead atoms. The molecule has 0 aromatic heterocycles. The van der Waals surface area contributed by atoms with Crippen molar-refractivity contribution < 1.29 is 19.0 Å². The van der Waals surface area contributed by atoms with E-state index in [-0.39, 0.29) is 20.0 Å². The maximum atomic E-state index is 13.1. The van der Waals surface area contributed by atoms with Crippen molar-refractivity contribution in [3.63, 3.8) is 0 Å². The number of allylic oxidation sites excluding steroid dienone is 3. The Kier molecular flexibility index (Phi) is 7.67. The fourth-order valence-electron chi connectivity index (χ4n) is 3.24. The van der Waals surface area contributed by atoms with E-state index in [0.717, 1.165) is 22.0 Å². The SMILES string of the molecule is C=C1CC(=C)C(C(=O)Pc2c(OCC)cc(OCC)cc2OCC)C(=C)C1. The Morgan fingerprint density at radius 3 is 1.89 bits per heavy atom. The second kappa shape index (κ2) is 9.75. The Balaban J connectivity index is 2.37. The van der Waals surface area contributed by atoms with Crippen LogP contribution in [0.5, 0.6) is 17.2 Å². The first-order valence-corrected chi connectivity index (χ1v) is 10.3. The molecule has 2 rings (SSSR count). The van der Waals surface area contributed by atoms with E-state index < -0.39 is 0 Å². The van der Waals surface area contributed by atoms with Crippen molar-refractivity contribution in [3.05, 3.63) is 48.6 Å². The van der Waals surface area contributed by atoms with E-state index in [2.05, 4.69) is 19.7 Å². The minimum Gasteiger partial charge on any atom is -0.494 e. The van der Waals surface area contributed by atoms with Gasteiger partial charge in [0.2, 0.25) is 0 Å². The molecule has 146 valence electrons. The second-order valence-corrected chi connectivity index (χ2v) is 7.68. The molecule has 0 spiro atoms. The largest absolute Gasteiger partial charge is 0.494 e. The van der Waals surface area contributed by atoms with Crippen LogP contribution in [0.15, 0.2) is 48.6 Å². The average Bonchev–Trinajstić information content (AvgIpc) is 2.57. The zero-order chi connectivity index (χ0) is 20.0. The van der Waals surface area contributed by atoms with Crippen LogP contribution in [0.25, 0.3) is 0 Å². The lowest BCUT2D eigenvalue weighted by atomic mass is 9.80. The van der Waals surface area contributed by atoms with E-state index in [1.807, 2.05) is 32.9 Å². The Morgan fingerprint density at radius 2 is 1.44 bits per heavy atom. The fourth-order valence-corrected chi connectivity index (χ4v) is 4.58. The van der Waals surface area contributed by atoms with Gasteiger partial charge in [-0.2, -0.15) is 0 Å². The van der Waals surface area contributed by atoms with E-state index in [4.69, 9.17) is 14.2 Å². The standard InChI is InChI=1S/C22H29O4P/c1-7-24-17-12-18(25-8-2)21(19(13-17)26-9-3)27-22(23)20-15(5)10-14(4)11-16(20)6/h12-13,20,27H,4-11H2,1-3H3. The van der Waals surface area contributed by atoms with Crippen LogP contribution in [0.3, 0.4) is 0 Å². The smallest absolute Gasteiger partial charge is 0.167 e. The topological polar surface area (TPSA) is 44.8 Å². The van der Waals surface area contributed by atoms with Gasteiger partial charge in [0.25, 0.3) is 0 Å². The number of benzene rings is 1. The maximum Gasteiger partial charge on any atom is 0.167 e. The molecule has 0 heterocycles. The quantitative estimate of drug-likeness (QED) is 0.451. The number of carbonyl (C=O) groups excluding carboxylic acids is 1. The van der Waals surface area contributed by atoms with E-state index in [9.17, 15) is 4.79 Å². The highest BCUT2D eigenvalue weighted by Gasteiger charge is 2.30. The van der Waals surface area contributed by atoms with Crippen molar-refractivity contribution in [1.82, 2.24) is 0 Å². The van der Waals surface area contributed by atoms with Crippen LogP contribution < -0.4 is 19.5 Å². The zero-order valence-corrected chi connectivity index (χ0v) is 17.5. The summed E-state index contributed by atoms with van der Waals surface area (Å²) in [6.07, 6.45) is 1.36. The molecule has 0 amide bonds. The van der Waals surface area contributed by atoms with Crippen LogP contribution in [0.4, 0.5) is 0 Å². The third kappa shape index (κ3) is 5.23. The molecule has 1 aliphatic carbocycles. The van der Waals surface area contributed by atoms with Crippen molar-refractivity contribution in [3.8, 4) is 17.2 Å². The monoisotopic (exact) mass is 388 g/mol. The minimum atomic E-state index is -0.329. The second-order valence-electron chi connectivity index (χ2n) is 6.44. The zero-order valence-electron chi connectivity index (χ0n) is 16.5. The highest BCUT2D eigenvalue weighted by molar-refractivity contribution is 7.65. The summed E-state index contributed by atoms with van der Waals surface area (Å²) in [6.45, 7) is 19.5. The summed E-state index contributed by atoms with van der Waals surface area (Å²) >= 11 is 0. The van der Waals surface area contributed by atoms with Gasteiger partial charge in [-0.3, -0.25) is 4.79 Å². The summed E-state index contributed by atoms with van der Waals surface area (Å²) in [5.41, 5.74) is 2.89. The molecular weight excluding hydrogens is 359 g/mol. The van der Waals surface area contributed by atoms with Gasteiger partial charge >= 0.3 is 0 Å². The van der Waals surface area contributed by atoms with Crippen LogP contribution in [0, 0.1) is 5.92 Å². The van der Waals surface area contributed by atoms with Crippen molar-refractivity contribution >= 4 is 19.4 Å². The molecule has 27 heavy (non-hydrogen) atoms. The third-order valence-electron chi connectivity index (χ3n) is 4.23. The lowest BCUT2D eigenvalue weighted by molar-refractivity contribution is -0.112. The minimum absolute atomic E-state index is 0.0866. The van der Waals surface area contributed by atoms with Gasteiger partial charge in [-0.05, 0) is 42.2 Å². The number of hydrogen-bond acceptors (Lipinski definition) is 4. The predicted octanol–water partition coefficient (Wildman–Crippen LogP) is 4.79. The van der Waals surface area contributed by atoms with Crippen LogP contribution >= 0.6 is 8.58 Å². The van der Waals surface area contributed by atoms with E-state index >= 15 is 0 Å². The summed E-state index contributed by atoms with van der Waals surface area (Å²) in [7, 11) is -0.107. The van der Waals surface area contributed by atoms with E-state index in [1.54, 1.807) is 0 Å². The molecule has 4 nitrogen and oxygen atoms in total. The number of ether oxygens (including phenoxy) is 3. The van der Waals surface area contributed by atoms with Gasteiger partial charge in [-0.1, -0.05) is 36.5 Å². The molecule has 0 saturated heterocycles. The molecule has 1 saturated carbocycles. The van der Waals surface area contributed by atoms with Gasteiger partial charge in [0, 0.05) is 12.1 Å². The normalized spacial score (nSPS) is 15.4. The summed E-state index contributed by atoms with van der Waals surface area (Å²) in [5, 5.41) is 0.775. The number of rotatable bonds is 9. The molecule has 5 heteroatoms. The molecule has 1 aromatic rings. The number of carbonyl (C=O) groups is 1. The lowest BCUT2D eigenvalue weighted by Gasteiger charge is -2.28. The first kappa shape index (κ1) is 21.2. The molecule has 1 aliphatic rings. The van der Waals surface area contributed by atoms with Gasteiger partial charge in [0.05, 0.1) is 31.0 Å². The van der Waals surface area contributed by atoms with Gasteiger partial charge in [0.15, 0.2) is 5.52 Å². The predicted molar refractivity (Wildman–Crippen MR) is 113 cm³/mol. The maximum absolute atomic E-state index is 13.1. The van der Waals surface area contributed by atoms with Crippen molar-refractivity contribution in [2.45, 2.75) is 33.6 Å². The fraction of sp³-hybridized carbons (Fsp3) is 0.409. The van der Waals surface area contributed by atoms with Gasteiger partial charge in [0.1, 0.15) is 17.2 Å². The first-order valence-electron chi connectivity index (χ1n) is 9.30. The van der Waals surface area contributed by atoms with Crippen molar-refractivity contribution in [2.24, 2.45) is 5.92 Å². The molecule has 1 unspecified atom stereocenters. The van der Waals surface area contributed by atoms with E-state index in [1.165, 1.54) is 0 Å². The van der Waals surface area contributed by atoms with Crippen LogP contribution in [-0.2, 0) is 4.79 Å². The van der Waals surface area contributed by atoms with Gasteiger partial charge in [-0.25, -0.2) is 0 Å². The lowest BCUT2D eigenvalue weighted by Crippen LogP contribution is -2.22. The Hall–Kier alpha value is -2.06. The number of hydrogen-bond donors (Lipinski definition) is 0. The third-order valence-corrected chi connectivity index (χ3v) is 5.51. The van der Waals surface area contributed by atoms with Crippen molar-refractivity contribution in [1.29, 1.82) is 0 Å². The molecule has 1 atom stereocenters. The molecule has 0 N–H and O–H groups in total. The highest BCUT2D eigenvalue weighted by Crippen LogP contribution is 2.41. The summed E-state index contributed by atoms with van der Waals surface area (Å²) in [5.74, 6) is 1.61. The first-order chi connectivity index (χ1) is 12.9. The summed E-state index contributed by atoms with van der Waals surface area (Å²) < 4.78 is 17.2. The van der Waals surface area contributed by atoms with E-state index in [0.29, 0.717) is 49.9 Å². The molecule has 1 aromatic carbocycles. The molecule has 0 aliphatic heterocycles. The van der Waals surface area contributed by atoms with Gasteiger partial charge in [-0.15, -0.1) is 0 Å². The van der Waals surface area contributed by atoms with Crippen LogP contribution in [0.1, 0.15) is 33.6 Å². The molecule has 0 radical (unpaired) electrons. The molecular formula is C22H29O4P. The van der Waals surface area contributed by atoms with Crippen LogP contribution in [0.2, 0.25) is 0 Å². The average molecular weight is 388 g/mol. The Bertz CT molecular complexity index is 704. The van der Waals surface area contributed by atoms with Crippen molar-refractivity contribution in [2.75, 3.05) is 19.8 Å². The molecule has 1 fully saturated rings. The van der Waals surface area contributed by atoms with Crippen LogP contribution in [-0.4, -0.2) is 25.3 Å². The van der Waals surface area contributed by atoms with Gasteiger partial charge < -0.3 is 14.2 Å². The summed E-state index contributed by atoms with van der Waals surface area (Å²) in [4.78, 5) is 13.1.